The van der Waals surface area contributed by atoms with Gasteiger partial charge in [-0.25, -0.2) is 4.98 Å². The number of aromatic nitrogens is 3. The van der Waals surface area contributed by atoms with Gasteiger partial charge in [0.15, 0.2) is 5.82 Å². The molecule has 142 valence electrons. The molecule has 2 amide bonds. The van der Waals surface area contributed by atoms with Gasteiger partial charge < -0.3 is 14.8 Å². The van der Waals surface area contributed by atoms with Gasteiger partial charge in [-0.2, -0.15) is 0 Å². The van der Waals surface area contributed by atoms with Crippen LogP contribution in [0.25, 0.3) is 0 Å². The lowest BCUT2D eigenvalue weighted by atomic mass is 10.2. The number of hydrogen-bond acceptors (Lipinski definition) is 4. The van der Waals surface area contributed by atoms with Crippen molar-refractivity contribution in [3.63, 3.8) is 0 Å². The van der Waals surface area contributed by atoms with Gasteiger partial charge in [0.25, 0.3) is 11.8 Å². The van der Waals surface area contributed by atoms with Crippen LogP contribution in [0.3, 0.4) is 0 Å². The highest BCUT2D eigenvalue weighted by Gasteiger charge is 2.27. The number of nitrogens with one attached hydrogen (secondary N) is 1. The van der Waals surface area contributed by atoms with Crippen LogP contribution in [0.1, 0.15) is 37.9 Å². The first-order chi connectivity index (χ1) is 13.6. The normalized spacial score (nSPS) is 13.3. The molecule has 28 heavy (non-hydrogen) atoms. The number of carbonyl (C=O) groups excluding carboxylic acids is 2. The highest BCUT2D eigenvalue weighted by Crippen LogP contribution is 2.16. The lowest BCUT2D eigenvalue weighted by Crippen LogP contribution is -2.39. The zero-order chi connectivity index (χ0) is 19.5. The zero-order valence-corrected chi connectivity index (χ0v) is 15.6. The second kappa shape index (κ2) is 7.64. The monoisotopic (exact) mass is 375 g/mol. The molecular weight excluding hydrogens is 354 g/mol. The van der Waals surface area contributed by atoms with Crippen LogP contribution in [0.2, 0.25) is 0 Å². The fourth-order valence-corrected chi connectivity index (χ4v) is 3.31. The van der Waals surface area contributed by atoms with Crippen LogP contribution in [0.4, 0.5) is 0 Å². The van der Waals surface area contributed by atoms with E-state index in [0.29, 0.717) is 42.4 Å². The van der Waals surface area contributed by atoms with Crippen molar-refractivity contribution in [2.45, 2.75) is 26.6 Å². The summed E-state index contributed by atoms with van der Waals surface area (Å²) in [6.07, 6.45) is 3.49. The molecule has 0 bridgehead atoms. The zero-order valence-electron chi connectivity index (χ0n) is 15.6. The number of amides is 2. The third kappa shape index (κ3) is 3.64. The van der Waals surface area contributed by atoms with Crippen molar-refractivity contribution in [1.82, 2.24) is 24.8 Å². The number of rotatable bonds is 5. The van der Waals surface area contributed by atoms with Gasteiger partial charge in [-0.15, -0.1) is 0 Å². The number of benzene rings is 1. The van der Waals surface area contributed by atoms with Crippen LogP contribution in [-0.2, 0) is 19.6 Å². The van der Waals surface area contributed by atoms with Crippen molar-refractivity contribution >= 4 is 11.8 Å². The molecule has 2 aromatic heterocycles. The first-order valence-corrected chi connectivity index (χ1v) is 9.21. The molecule has 4 rings (SSSR count). The van der Waals surface area contributed by atoms with Gasteiger partial charge in [-0.05, 0) is 24.6 Å². The Morgan fingerprint density at radius 1 is 1.14 bits per heavy atom. The SMILES string of the molecule is Cc1ncccc1C(=O)NCc1cn2c(n1)C(=O)N(Cc1ccccc1)CC2. The van der Waals surface area contributed by atoms with Crippen molar-refractivity contribution in [3.8, 4) is 0 Å². The summed E-state index contributed by atoms with van der Waals surface area (Å²) in [7, 11) is 0. The lowest BCUT2D eigenvalue weighted by molar-refractivity contribution is 0.0683. The van der Waals surface area contributed by atoms with E-state index in [4.69, 9.17) is 0 Å². The van der Waals surface area contributed by atoms with E-state index < -0.39 is 0 Å². The maximum absolute atomic E-state index is 12.8. The summed E-state index contributed by atoms with van der Waals surface area (Å²) in [5.74, 6) is 0.133. The third-order valence-electron chi connectivity index (χ3n) is 4.81. The third-order valence-corrected chi connectivity index (χ3v) is 4.81. The molecule has 0 saturated heterocycles. The average molecular weight is 375 g/mol. The van der Waals surface area contributed by atoms with E-state index in [2.05, 4.69) is 15.3 Å². The molecule has 1 aliphatic rings. The van der Waals surface area contributed by atoms with E-state index in [1.807, 2.05) is 41.1 Å². The molecule has 7 heteroatoms. The summed E-state index contributed by atoms with van der Waals surface area (Å²) < 4.78 is 1.86. The minimum absolute atomic E-state index is 0.0872. The van der Waals surface area contributed by atoms with Crippen molar-refractivity contribution in [3.05, 3.63) is 83.2 Å². The van der Waals surface area contributed by atoms with E-state index in [0.717, 1.165) is 5.56 Å². The number of fused-ring (bicyclic) bond motifs is 1. The maximum atomic E-state index is 12.8. The van der Waals surface area contributed by atoms with Gasteiger partial charge in [-0.3, -0.25) is 14.6 Å². The summed E-state index contributed by atoms with van der Waals surface area (Å²) in [5.41, 5.74) is 2.97. The van der Waals surface area contributed by atoms with Crippen LogP contribution in [-0.4, -0.2) is 37.8 Å². The van der Waals surface area contributed by atoms with E-state index in [-0.39, 0.29) is 18.4 Å². The molecular formula is C21H21N5O2. The number of aryl methyl sites for hydroxylation is 1. The minimum atomic E-state index is -0.200. The fourth-order valence-electron chi connectivity index (χ4n) is 3.31. The molecule has 0 atom stereocenters. The van der Waals surface area contributed by atoms with Crippen LogP contribution in [0, 0.1) is 6.92 Å². The van der Waals surface area contributed by atoms with Crippen molar-refractivity contribution in [2.75, 3.05) is 6.54 Å². The molecule has 3 heterocycles. The number of carbonyl (C=O) groups is 2. The predicted octanol–water partition coefficient (Wildman–Crippen LogP) is 2.17. The van der Waals surface area contributed by atoms with Gasteiger partial charge in [0.1, 0.15) is 0 Å². The van der Waals surface area contributed by atoms with E-state index in [1.54, 1.807) is 30.2 Å². The Morgan fingerprint density at radius 3 is 2.75 bits per heavy atom. The molecule has 0 saturated carbocycles. The number of nitrogens with zero attached hydrogens (tertiary/aromatic N) is 4. The second-order valence-corrected chi connectivity index (χ2v) is 6.78. The van der Waals surface area contributed by atoms with Gasteiger partial charge in [-0.1, -0.05) is 30.3 Å². The Bertz CT molecular complexity index is 1010. The molecule has 0 radical (unpaired) electrons. The van der Waals surface area contributed by atoms with Crippen LogP contribution < -0.4 is 5.32 Å². The smallest absolute Gasteiger partial charge is 0.290 e. The highest BCUT2D eigenvalue weighted by atomic mass is 16.2. The minimum Gasteiger partial charge on any atom is -0.346 e. The van der Waals surface area contributed by atoms with Gasteiger partial charge in [0.2, 0.25) is 0 Å². The summed E-state index contributed by atoms with van der Waals surface area (Å²) in [6.45, 7) is 3.95. The fraction of sp³-hybridized carbons (Fsp3) is 0.238. The highest BCUT2D eigenvalue weighted by molar-refractivity contribution is 5.95. The molecule has 7 nitrogen and oxygen atoms in total. The molecule has 0 unspecified atom stereocenters. The van der Waals surface area contributed by atoms with Crippen LogP contribution in [0.5, 0.6) is 0 Å². The molecule has 0 spiro atoms. The Morgan fingerprint density at radius 2 is 1.96 bits per heavy atom. The van der Waals surface area contributed by atoms with Gasteiger partial charge in [0.05, 0.1) is 17.8 Å². The topological polar surface area (TPSA) is 80.1 Å². The lowest BCUT2D eigenvalue weighted by Gasteiger charge is -2.27. The van der Waals surface area contributed by atoms with Gasteiger partial charge >= 0.3 is 0 Å². The Kier molecular flexibility index (Phi) is 4.89. The summed E-state index contributed by atoms with van der Waals surface area (Å²) in [5, 5.41) is 2.85. The quantitative estimate of drug-likeness (QED) is 0.741. The molecule has 0 aliphatic carbocycles. The predicted molar refractivity (Wildman–Crippen MR) is 104 cm³/mol. The van der Waals surface area contributed by atoms with E-state index in [9.17, 15) is 9.59 Å². The number of pyridine rings is 1. The van der Waals surface area contributed by atoms with Crippen LogP contribution in [0.15, 0.2) is 54.9 Å². The first kappa shape index (κ1) is 17.9. The molecule has 3 aromatic rings. The summed E-state index contributed by atoms with van der Waals surface area (Å²) in [4.78, 5) is 35.5. The molecule has 1 aromatic carbocycles. The summed E-state index contributed by atoms with van der Waals surface area (Å²) in [6, 6.07) is 13.4. The average Bonchev–Trinajstić information content (AvgIpc) is 3.13. The van der Waals surface area contributed by atoms with Crippen molar-refractivity contribution < 1.29 is 9.59 Å². The standard InChI is InChI=1S/C21H21N5O2/c1-15-18(8-5-9-22-15)20(27)23-12-17-14-25-10-11-26(21(28)19(25)24-17)13-16-6-3-2-4-7-16/h2-9,14H,10-13H2,1H3,(H,23,27). The molecule has 0 fully saturated rings. The van der Waals surface area contributed by atoms with Crippen molar-refractivity contribution in [2.24, 2.45) is 0 Å². The Labute approximate surface area is 163 Å². The van der Waals surface area contributed by atoms with E-state index >= 15 is 0 Å². The van der Waals surface area contributed by atoms with Gasteiger partial charge in [0, 0.05) is 37.7 Å². The Balaban J connectivity index is 1.43. The molecule has 1 aliphatic heterocycles. The Hall–Kier alpha value is -3.48. The van der Waals surface area contributed by atoms with Crippen molar-refractivity contribution in [1.29, 1.82) is 0 Å². The maximum Gasteiger partial charge on any atom is 0.290 e. The summed E-state index contributed by atoms with van der Waals surface area (Å²) >= 11 is 0. The largest absolute Gasteiger partial charge is 0.346 e. The second-order valence-electron chi connectivity index (χ2n) is 6.78. The first-order valence-electron chi connectivity index (χ1n) is 9.21. The van der Waals surface area contributed by atoms with Crippen LogP contribution >= 0.6 is 0 Å². The van der Waals surface area contributed by atoms with E-state index in [1.165, 1.54) is 0 Å². The molecule has 1 N–H and O–H groups in total. The number of imidazole rings is 1. The number of hydrogen-bond donors (Lipinski definition) is 1.